The number of Topliss-reactive ketones (excluding diaryl/α,β-unsaturated/α-hetero) is 1. The molecule has 0 unspecified atom stereocenters. The molecule has 30 heavy (non-hydrogen) atoms. The summed E-state index contributed by atoms with van der Waals surface area (Å²) in [5.74, 6) is -6.51. The van der Waals surface area contributed by atoms with E-state index in [1.54, 1.807) is 41.5 Å². The summed E-state index contributed by atoms with van der Waals surface area (Å²) in [4.78, 5) is 39.1. The van der Waals surface area contributed by atoms with Crippen molar-refractivity contribution in [3.63, 3.8) is 0 Å². The molecule has 1 aliphatic rings. The molecule has 0 radical (unpaired) electrons. The zero-order valence-electron chi connectivity index (χ0n) is 18.6. The molecule has 0 saturated heterocycles. The largest absolute Gasteiger partial charge is 0.460 e. The molecule has 0 spiro atoms. The summed E-state index contributed by atoms with van der Waals surface area (Å²) >= 11 is 0. The van der Waals surface area contributed by atoms with Gasteiger partial charge in [0, 0.05) is 12.3 Å². The van der Waals surface area contributed by atoms with Gasteiger partial charge in [0.1, 0.15) is 22.9 Å². The molecule has 1 fully saturated rings. The lowest BCUT2D eigenvalue weighted by Crippen LogP contribution is -2.56. The molecule has 0 aromatic heterocycles. The van der Waals surface area contributed by atoms with Gasteiger partial charge >= 0.3 is 11.9 Å². The van der Waals surface area contributed by atoms with E-state index in [0.717, 1.165) is 6.07 Å². The lowest BCUT2D eigenvalue weighted by molar-refractivity contribution is -0.182. The van der Waals surface area contributed by atoms with Crippen LogP contribution in [-0.2, 0) is 23.9 Å². The predicted octanol–water partition coefficient (Wildman–Crippen LogP) is 3.55. The molecular weight excluding hydrogens is 391 g/mol. The third-order valence-corrected chi connectivity index (χ3v) is 4.82. The lowest BCUT2D eigenvalue weighted by atomic mass is 9.61. The average Bonchev–Trinajstić information content (AvgIpc) is 2.49. The second-order valence-corrected chi connectivity index (χ2v) is 10.1. The standard InChI is InChI=1S/C23H31FO6/c1-21(2,3)29-19(26)17-15(25)12-23(7,28)18(20(27)30-22(4,5)6)16(17)13-9-8-10-14(24)11-13/h8-11,16-18,28H,12H2,1-7H3/t16-,17+,18+,23-/m0/s1. The molecule has 1 N–H and O–H groups in total. The first-order valence-corrected chi connectivity index (χ1v) is 9.98. The number of ether oxygens (including phenoxy) is 2. The smallest absolute Gasteiger partial charge is 0.317 e. The van der Waals surface area contributed by atoms with Gasteiger partial charge < -0.3 is 14.6 Å². The first-order chi connectivity index (χ1) is 13.5. The Kier molecular flexibility index (Phi) is 6.48. The molecule has 1 aliphatic carbocycles. The molecule has 2 rings (SSSR count). The summed E-state index contributed by atoms with van der Waals surface area (Å²) in [5, 5.41) is 11.0. The van der Waals surface area contributed by atoms with Crippen molar-refractivity contribution in [1.82, 2.24) is 0 Å². The Hall–Kier alpha value is -2.28. The first kappa shape index (κ1) is 24.0. The van der Waals surface area contributed by atoms with Crippen molar-refractivity contribution in [3.8, 4) is 0 Å². The molecule has 6 nitrogen and oxygen atoms in total. The maximum absolute atomic E-state index is 14.0. The van der Waals surface area contributed by atoms with Crippen LogP contribution in [0.1, 0.15) is 66.4 Å². The maximum Gasteiger partial charge on any atom is 0.317 e. The number of carbonyl (C=O) groups is 3. The fourth-order valence-corrected chi connectivity index (χ4v) is 3.86. The molecule has 0 aliphatic heterocycles. The van der Waals surface area contributed by atoms with Crippen molar-refractivity contribution in [2.45, 2.75) is 77.6 Å². The number of halogens is 1. The summed E-state index contributed by atoms with van der Waals surface area (Å²) in [6.07, 6.45) is -0.424. The van der Waals surface area contributed by atoms with Crippen LogP contribution in [0.25, 0.3) is 0 Å². The second kappa shape index (κ2) is 8.10. The highest BCUT2D eigenvalue weighted by Crippen LogP contribution is 2.47. The Labute approximate surface area is 176 Å². The highest BCUT2D eigenvalue weighted by molar-refractivity contribution is 6.03. The summed E-state index contributed by atoms with van der Waals surface area (Å²) in [7, 11) is 0. The van der Waals surface area contributed by atoms with Gasteiger partial charge in [-0.2, -0.15) is 0 Å². The summed E-state index contributed by atoms with van der Waals surface area (Å²) in [6, 6.07) is 5.33. The van der Waals surface area contributed by atoms with Gasteiger partial charge in [0.05, 0.1) is 11.5 Å². The monoisotopic (exact) mass is 422 g/mol. The number of carbonyl (C=O) groups excluding carboxylic acids is 3. The minimum Gasteiger partial charge on any atom is -0.460 e. The van der Waals surface area contributed by atoms with Crippen molar-refractivity contribution < 1.29 is 33.4 Å². The highest BCUT2D eigenvalue weighted by atomic mass is 19.1. The Balaban J connectivity index is 2.64. The van der Waals surface area contributed by atoms with Gasteiger partial charge in [0.15, 0.2) is 5.78 Å². The molecule has 1 aromatic carbocycles. The second-order valence-electron chi connectivity index (χ2n) is 10.1. The van der Waals surface area contributed by atoms with Crippen LogP contribution in [0, 0.1) is 17.7 Å². The normalized spacial score (nSPS) is 27.5. The van der Waals surface area contributed by atoms with Gasteiger partial charge in [-0.25, -0.2) is 4.39 Å². The number of benzene rings is 1. The van der Waals surface area contributed by atoms with Crippen LogP contribution in [-0.4, -0.2) is 39.6 Å². The van der Waals surface area contributed by atoms with Crippen molar-refractivity contribution in [2.75, 3.05) is 0 Å². The van der Waals surface area contributed by atoms with Crippen molar-refractivity contribution in [1.29, 1.82) is 0 Å². The average molecular weight is 422 g/mol. The minimum atomic E-state index is -1.78. The van der Waals surface area contributed by atoms with Crippen molar-refractivity contribution in [2.24, 2.45) is 11.8 Å². The topological polar surface area (TPSA) is 89.9 Å². The molecule has 0 bridgehead atoms. The van der Waals surface area contributed by atoms with Crippen LogP contribution in [0.15, 0.2) is 24.3 Å². The van der Waals surface area contributed by atoms with Gasteiger partial charge in [-0.3, -0.25) is 14.4 Å². The fourth-order valence-electron chi connectivity index (χ4n) is 3.86. The predicted molar refractivity (Wildman–Crippen MR) is 108 cm³/mol. The zero-order valence-corrected chi connectivity index (χ0v) is 18.6. The number of ketones is 1. The zero-order chi connectivity index (χ0) is 23.1. The quantitative estimate of drug-likeness (QED) is 0.592. The Morgan fingerprint density at radius 2 is 1.60 bits per heavy atom. The summed E-state index contributed by atoms with van der Waals surface area (Å²) in [5.41, 5.74) is -3.27. The van der Waals surface area contributed by atoms with E-state index in [2.05, 4.69) is 0 Å². The van der Waals surface area contributed by atoms with Crippen LogP contribution >= 0.6 is 0 Å². The van der Waals surface area contributed by atoms with Gasteiger partial charge in [0.2, 0.25) is 0 Å². The van der Waals surface area contributed by atoms with E-state index in [9.17, 15) is 23.9 Å². The number of aliphatic hydroxyl groups is 1. The van der Waals surface area contributed by atoms with E-state index >= 15 is 0 Å². The lowest BCUT2D eigenvalue weighted by Gasteiger charge is -2.44. The van der Waals surface area contributed by atoms with E-state index in [1.807, 2.05) is 0 Å². The van der Waals surface area contributed by atoms with Gasteiger partial charge in [-0.1, -0.05) is 12.1 Å². The number of hydrogen-bond acceptors (Lipinski definition) is 6. The Bertz CT molecular complexity index is 831. The Morgan fingerprint density at radius 1 is 1.07 bits per heavy atom. The first-order valence-electron chi connectivity index (χ1n) is 9.98. The fraction of sp³-hybridized carbons (Fsp3) is 0.609. The Morgan fingerprint density at radius 3 is 2.10 bits per heavy atom. The molecule has 1 saturated carbocycles. The molecule has 7 heteroatoms. The van der Waals surface area contributed by atoms with Gasteiger partial charge in [-0.15, -0.1) is 0 Å². The molecule has 166 valence electrons. The van der Waals surface area contributed by atoms with E-state index in [4.69, 9.17) is 9.47 Å². The third-order valence-electron chi connectivity index (χ3n) is 4.82. The molecule has 1 aromatic rings. The minimum absolute atomic E-state index is 0.245. The summed E-state index contributed by atoms with van der Waals surface area (Å²) < 4.78 is 25.0. The van der Waals surface area contributed by atoms with Crippen LogP contribution in [0.5, 0.6) is 0 Å². The maximum atomic E-state index is 14.0. The van der Waals surface area contributed by atoms with Gasteiger partial charge in [-0.05, 0) is 66.2 Å². The van der Waals surface area contributed by atoms with Crippen molar-refractivity contribution in [3.05, 3.63) is 35.6 Å². The van der Waals surface area contributed by atoms with Crippen LogP contribution in [0.4, 0.5) is 4.39 Å². The third kappa shape index (κ3) is 5.65. The molecule has 0 amide bonds. The van der Waals surface area contributed by atoms with Crippen LogP contribution in [0.2, 0.25) is 0 Å². The van der Waals surface area contributed by atoms with E-state index < -0.39 is 64.5 Å². The van der Waals surface area contributed by atoms with Crippen LogP contribution in [0.3, 0.4) is 0 Å². The molecular formula is C23H31FO6. The molecule has 4 atom stereocenters. The number of rotatable bonds is 3. The van der Waals surface area contributed by atoms with E-state index in [0.29, 0.717) is 0 Å². The molecule has 0 heterocycles. The number of esters is 2. The van der Waals surface area contributed by atoms with E-state index in [-0.39, 0.29) is 5.56 Å². The highest BCUT2D eigenvalue weighted by Gasteiger charge is 2.57. The van der Waals surface area contributed by atoms with Gasteiger partial charge in [0.25, 0.3) is 0 Å². The van der Waals surface area contributed by atoms with Crippen molar-refractivity contribution >= 4 is 17.7 Å². The van der Waals surface area contributed by atoms with Crippen LogP contribution < -0.4 is 0 Å². The summed E-state index contributed by atoms with van der Waals surface area (Å²) in [6.45, 7) is 11.4. The SMILES string of the molecule is CC(C)(C)OC(=O)[C@@H]1C(=O)C[C@](C)(O)[C@@H](C(=O)OC(C)(C)C)[C@H]1c1cccc(F)c1. The van der Waals surface area contributed by atoms with E-state index in [1.165, 1.54) is 25.1 Å². The number of hydrogen-bond donors (Lipinski definition) is 1.